The molecule has 0 unspecified atom stereocenters. The second-order valence-corrected chi connectivity index (χ2v) is 7.97. The minimum atomic E-state index is -0.319. The van der Waals surface area contributed by atoms with Crippen molar-refractivity contribution in [3.05, 3.63) is 35.6 Å². The molecule has 2 heterocycles. The molecule has 1 saturated heterocycles. The number of rotatable bonds is 8. The molecule has 1 fully saturated rings. The topological polar surface area (TPSA) is 90.9 Å². The van der Waals surface area contributed by atoms with E-state index in [2.05, 4.69) is 15.8 Å². The van der Waals surface area contributed by atoms with Crippen molar-refractivity contribution in [1.82, 2.24) is 15.6 Å². The Morgan fingerprint density at radius 2 is 2.07 bits per heavy atom. The van der Waals surface area contributed by atoms with Crippen LogP contribution in [0.3, 0.4) is 0 Å². The van der Waals surface area contributed by atoms with Gasteiger partial charge in [0.05, 0.1) is 0 Å². The number of piperidine rings is 1. The highest BCUT2D eigenvalue weighted by Crippen LogP contribution is 2.22. The molecule has 0 aromatic heterocycles. The number of hydrazone groups is 1. The van der Waals surface area contributed by atoms with Gasteiger partial charge in [0.15, 0.2) is 0 Å². The Morgan fingerprint density at radius 3 is 2.83 bits per heavy atom. The third-order valence-electron chi connectivity index (χ3n) is 5.69. The van der Waals surface area contributed by atoms with E-state index in [1.54, 1.807) is 18.2 Å². The van der Waals surface area contributed by atoms with Crippen molar-refractivity contribution < 1.29 is 18.8 Å². The van der Waals surface area contributed by atoms with Gasteiger partial charge in [0, 0.05) is 50.2 Å². The number of hydrogen-bond donors (Lipinski definition) is 2. The molecular formula is C22H29FN4O3. The molecule has 3 amide bonds. The van der Waals surface area contributed by atoms with Crippen molar-refractivity contribution in [1.29, 1.82) is 0 Å². The second kappa shape index (κ2) is 10.8. The van der Waals surface area contributed by atoms with E-state index in [9.17, 15) is 18.8 Å². The summed E-state index contributed by atoms with van der Waals surface area (Å²) in [7, 11) is 0. The maximum Gasteiger partial charge on any atom is 0.240 e. The van der Waals surface area contributed by atoms with Gasteiger partial charge in [-0.3, -0.25) is 14.4 Å². The van der Waals surface area contributed by atoms with Crippen molar-refractivity contribution in [2.24, 2.45) is 11.0 Å². The summed E-state index contributed by atoms with van der Waals surface area (Å²) in [6.45, 7) is 1.60. The molecule has 0 radical (unpaired) electrons. The van der Waals surface area contributed by atoms with Crippen LogP contribution in [0, 0.1) is 11.7 Å². The van der Waals surface area contributed by atoms with Gasteiger partial charge in [-0.25, -0.2) is 9.82 Å². The van der Waals surface area contributed by atoms with Crippen molar-refractivity contribution >= 4 is 23.4 Å². The summed E-state index contributed by atoms with van der Waals surface area (Å²) in [6.07, 6.45) is 5.03. The average molecular weight is 416 g/mol. The van der Waals surface area contributed by atoms with Gasteiger partial charge in [0.25, 0.3) is 0 Å². The summed E-state index contributed by atoms with van der Waals surface area (Å²) in [5, 5.41) is 6.79. The number of halogens is 1. The summed E-state index contributed by atoms with van der Waals surface area (Å²) in [4.78, 5) is 37.7. The second-order valence-electron chi connectivity index (χ2n) is 7.97. The molecule has 8 heteroatoms. The van der Waals surface area contributed by atoms with E-state index in [4.69, 9.17) is 0 Å². The lowest BCUT2D eigenvalue weighted by Crippen LogP contribution is -2.40. The van der Waals surface area contributed by atoms with Crippen molar-refractivity contribution in [2.45, 2.75) is 57.9 Å². The molecule has 2 aliphatic heterocycles. The predicted molar refractivity (Wildman–Crippen MR) is 111 cm³/mol. The number of likely N-dealkylation sites (tertiary alicyclic amines) is 1. The van der Waals surface area contributed by atoms with Gasteiger partial charge in [-0.2, -0.15) is 5.10 Å². The van der Waals surface area contributed by atoms with Gasteiger partial charge in [-0.05, 0) is 44.1 Å². The molecule has 2 N–H and O–H groups in total. The molecule has 3 rings (SSSR count). The van der Waals surface area contributed by atoms with E-state index in [0.717, 1.165) is 25.1 Å². The zero-order chi connectivity index (χ0) is 21.3. The van der Waals surface area contributed by atoms with E-state index >= 15 is 0 Å². The largest absolute Gasteiger partial charge is 0.352 e. The highest BCUT2D eigenvalue weighted by molar-refractivity contribution is 5.94. The zero-order valence-electron chi connectivity index (χ0n) is 17.2. The van der Waals surface area contributed by atoms with Gasteiger partial charge in [-0.1, -0.05) is 18.2 Å². The van der Waals surface area contributed by atoms with Gasteiger partial charge < -0.3 is 10.2 Å². The van der Waals surface area contributed by atoms with E-state index in [0.29, 0.717) is 56.6 Å². The maximum atomic E-state index is 13.6. The fourth-order valence-electron chi connectivity index (χ4n) is 3.89. The lowest BCUT2D eigenvalue weighted by Gasteiger charge is -2.33. The molecule has 2 aliphatic rings. The lowest BCUT2D eigenvalue weighted by molar-refractivity contribution is -0.132. The summed E-state index contributed by atoms with van der Waals surface area (Å²) < 4.78 is 13.6. The Balaban J connectivity index is 1.36. The highest BCUT2D eigenvalue weighted by Gasteiger charge is 2.24. The van der Waals surface area contributed by atoms with Crippen molar-refractivity contribution in [3.8, 4) is 0 Å². The van der Waals surface area contributed by atoms with Crippen LogP contribution in [-0.4, -0.2) is 41.4 Å². The zero-order valence-corrected chi connectivity index (χ0v) is 17.2. The van der Waals surface area contributed by atoms with Crippen LogP contribution in [0.1, 0.15) is 56.9 Å². The number of nitrogens with one attached hydrogen (secondary N) is 2. The van der Waals surface area contributed by atoms with Crippen LogP contribution in [0.5, 0.6) is 0 Å². The van der Waals surface area contributed by atoms with Gasteiger partial charge in [-0.15, -0.1) is 0 Å². The number of amides is 3. The summed E-state index contributed by atoms with van der Waals surface area (Å²) in [5.41, 5.74) is 3.80. The minimum Gasteiger partial charge on any atom is -0.352 e. The molecule has 0 spiro atoms. The van der Waals surface area contributed by atoms with Gasteiger partial charge in [0.1, 0.15) is 5.82 Å². The molecule has 1 aromatic carbocycles. The van der Waals surface area contributed by atoms with Crippen LogP contribution in [0.25, 0.3) is 0 Å². The summed E-state index contributed by atoms with van der Waals surface area (Å²) in [5.74, 6) is -0.0988. The third kappa shape index (κ3) is 6.64. The molecule has 1 aromatic rings. The Bertz CT molecular complexity index is 811. The number of hydrogen-bond acceptors (Lipinski definition) is 4. The standard InChI is InChI=1S/C22H29FN4O3/c23-19-6-2-1-5-17(19)14-24-20(28)10-7-16-4-3-13-27(15-16)22(30)12-9-18-8-11-21(29)26-25-18/h1-2,5-6,16H,3-4,7-15H2,(H,24,28)(H,26,29)/t16-/m0/s1. The number of nitrogens with zero attached hydrogens (tertiary/aromatic N) is 2. The van der Waals surface area contributed by atoms with Crippen molar-refractivity contribution in [3.63, 3.8) is 0 Å². The SMILES string of the molecule is O=C(CC[C@@H]1CCCN(C(=O)CCC2=NNC(=O)CC2)C1)NCc1ccccc1F. The first-order chi connectivity index (χ1) is 14.5. The van der Waals surface area contributed by atoms with Crippen LogP contribution < -0.4 is 10.7 Å². The van der Waals surface area contributed by atoms with Crippen LogP contribution in [-0.2, 0) is 20.9 Å². The molecule has 0 saturated carbocycles. The summed E-state index contributed by atoms with van der Waals surface area (Å²) in [6, 6.07) is 6.41. The summed E-state index contributed by atoms with van der Waals surface area (Å²) >= 11 is 0. The highest BCUT2D eigenvalue weighted by atomic mass is 19.1. The first kappa shape index (κ1) is 21.9. The lowest BCUT2D eigenvalue weighted by atomic mass is 9.93. The van der Waals surface area contributed by atoms with Gasteiger partial charge >= 0.3 is 0 Å². The van der Waals surface area contributed by atoms with Crippen LogP contribution in [0.15, 0.2) is 29.4 Å². The quantitative estimate of drug-likeness (QED) is 0.682. The number of carbonyl (C=O) groups is 3. The van der Waals surface area contributed by atoms with Crippen LogP contribution in [0.2, 0.25) is 0 Å². The molecule has 0 aliphatic carbocycles. The third-order valence-corrected chi connectivity index (χ3v) is 5.69. The Kier molecular flexibility index (Phi) is 7.93. The number of benzene rings is 1. The first-order valence-corrected chi connectivity index (χ1v) is 10.6. The Morgan fingerprint density at radius 1 is 1.23 bits per heavy atom. The van der Waals surface area contributed by atoms with E-state index in [1.807, 2.05) is 4.90 Å². The smallest absolute Gasteiger partial charge is 0.240 e. The van der Waals surface area contributed by atoms with E-state index < -0.39 is 0 Å². The molecule has 0 bridgehead atoms. The fourth-order valence-corrected chi connectivity index (χ4v) is 3.89. The minimum absolute atomic E-state index is 0.0816. The van der Waals surface area contributed by atoms with E-state index in [-0.39, 0.29) is 30.1 Å². The van der Waals surface area contributed by atoms with Crippen LogP contribution >= 0.6 is 0 Å². The molecule has 7 nitrogen and oxygen atoms in total. The molecular weight excluding hydrogens is 387 g/mol. The normalized spacial score (nSPS) is 19.1. The predicted octanol–water partition coefficient (Wildman–Crippen LogP) is 2.51. The number of carbonyl (C=O) groups excluding carboxylic acids is 3. The molecule has 30 heavy (non-hydrogen) atoms. The van der Waals surface area contributed by atoms with Gasteiger partial charge in [0.2, 0.25) is 17.7 Å². The Hall–Kier alpha value is -2.77. The van der Waals surface area contributed by atoms with Crippen LogP contribution in [0.4, 0.5) is 4.39 Å². The van der Waals surface area contributed by atoms with Crippen molar-refractivity contribution in [2.75, 3.05) is 13.1 Å². The average Bonchev–Trinajstić information content (AvgIpc) is 2.76. The fraction of sp³-hybridized carbons (Fsp3) is 0.545. The molecule has 1 atom stereocenters. The Labute approximate surface area is 176 Å². The molecule has 162 valence electrons. The van der Waals surface area contributed by atoms with E-state index in [1.165, 1.54) is 6.07 Å². The maximum absolute atomic E-state index is 13.6. The first-order valence-electron chi connectivity index (χ1n) is 10.6. The monoisotopic (exact) mass is 416 g/mol.